The van der Waals surface area contributed by atoms with Gasteiger partial charge in [-0.3, -0.25) is 4.57 Å². The molecule has 0 aliphatic carbocycles. The van der Waals surface area contributed by atoms with Crippen molar-refractivity contribution in [2.24, 2.45) is 0 Å². The fourth-order valence-electron chi connectivity index (χ4n) is 10.4. The van der Waals surface area contributed by atoms with E-state index in [4.69, 9.17) is 9.97 Å². The quantitative estimate of drug-likeness (QED) is 0.167. The van der Waals surface area contributed by atoms with E-state index in [1.54, 1.807) is 11.3 Å². The summed E-state index contributed by atoms with van der Waals surface area (Å²) in [6, 6.07) is 83.3. The molecule has 312 valence electrons. The fraction of sp³-hybridized carbons (Fsp3) is 0. The van der Waals surface area contributed by atoms with Gasteiger partial charge >= 0.3 is 0 Å². The zero-order valence-corrected chi connectivity index (χ0v) is 37.0. The van der Waals surface area contributed by atoms with Gasteiger partial charge in [0.05, 0.1) is 38.0 Å². The van der Waals surface area contributed by atoms with Crippen LogP contribution in [-0.2, 0) is 0 Å². The average molecular weight is 871 g/mol. The second kappa shape index (κ2) is 15.0. The van der Waals surface area contributed by atoms with Crippen molar-refractivity contribution in [3.8, 4) is 55.6 Å². The number of aromatic nitrogens is 4. The van der Waals surface area contributed by atoms with E-state index in [1.807, 2.05) is 0 Å². The van der Waals surface area contributed by atoms with E-state index in [0.29, 0.717) is 5.95 Å². The van der Waals surface area contributed by atoms with E-state index in [0.717, 1.165) is 64.8 Å². The highest BCUT2D eigenvalue weighted by Gasteiger charge is 2.22. The van der Waals surface area contributed by atoms with Crippen molar-refractivity contribution in [1.82, 2.24) is 19.1 Å². The molecule has 0 unspecified atom stereocenters. The van der Waals surface area contributed by atoms with E-state index >= 15 is 0 Å². The van der Waals surface area contributed by atoms with Gasteiger partial charge in [0.1, 0.15) is 0 Å². The smallest absolute Gasteiger partial charge is 0.235 e. The highest BCUT2D eigenvalue weighted by molar-refractivity contribution is 7.22. The number of fused-ring (bicyclic) bond motifs is 10. The Labute approximate surface area is 389 Å². The van der Waals surface area contributed by atoms with Crippen molar-refractivity contribution >= 4 is 86.7 Å². The zero-order valence-electron chi connectivity index (χ0n) is 36.1. The summed E-state index contributed by atoms with van der Waals surface area (Å²) < 4.78 is 5.75. The van der Waals surface area contributed by atoms with Gasteiger partial charge < -0.3 is 4.57 Å². The molecule has 14 rings (SSSR count). The van der Waals surface area contributed by atoms with Crippen LogP contribution in [0.4, 0.5) is 0 Å². The Balaban J connectivity index is 0.980. The number of rotatable bonds is 6. The standard InChI is InChI=1S/C62H38N4S/c1-3-16-42(17-4-1)58-38-54-61(67-58)59(43-28-26-41(27-29-43)48-24-13-18-39-14-7-9-21-47(39)48)64-62(63-54)66-57-35-32-45(37-53(57)51-33-30-40-15-8-10-22-49(40)60(51)66)44-31-34-56-52(36-44)50-23-11-12-25-55(50)65(56)46-19-5-2-6-20-46/h1-38H. The van der Waals surface area contributed by atoms with Gasteiger partial charge in [0.15, 0.2) is 0 Å². The Bertz CT molecular complexity index is 4250. The lowest BCUT2D eigenvalue weighted by Crippen LogP contribution is -2.03. The minimum absolute atomic E-state index is 0.650. The van der Waals surface area contributed by atoms with E-state index in [2.05, 4.69) is 240 Å². The third-order valence-corrected chi connectivity index (χ3v) is 14.7. The molecule has 0 N–H and O–H groups in total. The summed E-state index contributed by atoms with van der Waals surface area (Å²) in [7, 11) is 0. The molecule has 0 bridgehead atoms. The minimum atomic E-state index is 0.650. The average Bonchev–Trinajstić information content (AvgIpc) is 4.09. The Morgan fingerprint density at radius 3 is 1.70 bits per heavy atom. The van der Waals surface area contributed by atoms with Gasteiger partial charge in [0.2, 0.25) is 5.95 Å². The van der Waals surface area contributed by atoms with Crippen LogP contribution in [-0.4, -0.2) is 19.1 Å². The molecule has 0 atom stereocenters. The van der Waals surface area contributed by atoms with Crippen LogP contribution in [0.3, 0.4) is 0 Å². The Morgan fingerprint density at radius 1 is 0.343 bits per heavy atom. The normalized spacial score (nSPS) is 11.9. The summed E-state index contributed by atoms with van der Waals surface area (Å²) in [4.78, 5) is 12.3. The summed E-state index contributed by atoms with van der Waals surface area (Å²) >= 11 is 1.76. The van der Waals surface area contributed by atoms with Crippen molar-refractivity contribution in [3.05, 3.63) is 231 Å². The van der Waals surface area contributed by atoms with Gasteiger partial charge in [-0.15, -0.1) is 11.3 Å². The van der Waals surface area contributed by atoms with E-state index < -0.39 is 0 Å². The molecule has 0 fully saturated rings. The predicted molar refractivity (Wildman–Crippen MR) is 283 cm³/mol. The highest BCUT2D eigenvalue weighted by Crippen LogP contribution is 2.43. The Hall–Kier alpha value is -8.64. The minimum Gasteiger partial charge on any atom is -0.309 e. The molecule has 4 nitrogen and oxygen atoms in total. The van der Waals surface area contributed by atoms with E-state index in [-0.39, 0.29) is 0 Å². The van der Waals surface area contributed by atoms with Crippen molar-refractivity contribution in [3.63, 3.8) is 0 Å². The molecule has 0 saturated heterocycles. The summed E-state index contributed by atoms with van der Waals surface area (Å²) in [5.74, 6) is 0.650. The zero-order chi connectivity index (χ0) is 44.0. The Kier molecular flexibility index (Phi) is 8.42. The first kappa shape index (κ1) is 37.7. The van der Waals surface area contributed by atoms with Gasteiger partial charge in [0, 0.05) is 43.1 Å². The van der Waals surface area contributed by atoms with Crippen LogP contribution in [0.25, 0.3) is 131 Å². The van der Waals surface area contributed by atoms with Gasteiger partial charge in [-0.1, -0.05) is 182 Å². The molecule has 67 heavy (non-hydrogen) atoms. The van der Waals surface area contributed by atoms with Crippen LogP contribution in [0.15, 0.2) is 231 Å². The van der Waals surface area contributed by atoms with Gasteiger partial charge in [-0.25, -0.2) is 9.97 Å². The van der Waals surface area contributed by atoms with E-state index in [9.17, 15) is 0 Å². The second-order valence-corrected chi connectivity index (χ2v) is 18.4. The Morgan fingerprint density at radius 2 is 0.925 bits per heavy atom. The van der Waals surface area contributed by atoms with Crippen LogP contribution in [0.2, 0.25) is 0 Å². The molecule has 14 aromatic rings. The molecule has 0 aliphatic rings. The topological polar surface area (TPSA) is 35.6 Å². The lowest BCUT2D eigenvalue weighted by Gasteiger charge is -2.12. The highest BCUT2D eigenvalue weighted by atomic mass is 32.1. The molecule has 0 aliphatic heterocycles. The van der Waals surface area contributed by atoms with E-state index in [1.165, 1.54) is 60.2 Å². The lowest BCUT2D eigenvalue weighted by atomic mass is 9.97. The molecule has 5 heteroatoms. The third-order valence-electron chi connectivity index (χ3n) is 13.5. The second-order valence-electron chi connectivity index (χ2n) is 17.3. The molecule has 0 saturated carbocycles. The van der Waals surface area contributed by atoms with Crippen molar-refractivity contribution in [2.75, 3.05) is 0 Å². The number of nitrogens with zero attached hydrogens (tertiary/aromatic N) is 4. The summed E-state index contributed by atoms with van der Waals surface area (Å²) in [6.07, 6.45) is 0. The van der Waals surface area contributed by atoms with Gasteiger partial charge in [-0.2, -0.15) is 0 Å². The van der Waals surface area contributed by atoms with Crippen LogP contribution in [0, 0.1) is 0 Å². The van der Waals surface area contributed by atoms with Crippen molar-refractivity contribution in [2.45, 2.75) is 0 Å². The van der Waals surface area contributed by atoms with Crippen molar-refractivity contribution < 1.29 is 0 Å². The molecule has 0 amide bonds. The number of para-hydroxylation sites is 2. The van der Waals surface area contributed by atoms with Gasteiger partial charge in [-0.05, 0) is 92.5 Å². The van der Waals surface area contributed by atoms with Crippen LogP contribution >= 0.6 is 11.3 Å². The van der Waals surface area contributed by atoms with Gasteiger partial charge in [0.25, 0.3) is 0 Å². The summed E-state index contributed by atoms with van der Waals surface area (Å²) in [6.45, 7) is 0. The fourth-order valence-corrected chi connectivity index (χ4v) is 11.5. The largest absolute Gasteiger partial charge is 0.309 e. The first-order chi connectivity index (χ1) is 33.2. The first-order valence-corrected chi connectivity index (χ1v) is 23.5. The molecular weight excluding hydrogens is 833 g/mol. The molecular formula is C62H38N4S. The number of benzene rings is 10. The van der Waals surface area contributed by atoms with Crippen LogP contribution < -0.4 is 0 Å². The van der Waals surface area contributed by atoms with Crippen molar-refractivity contribution in [1.29, 1.82) is 0 Å². The number of thiophene rings is 1. The number of hydrogen-bond acceptors (Lipinski definition) is 3. The molecule has 4 heterocycles. The number of hydrogen-bond donors (Lipinski definition) is 0. The van der Waals surface area contributed by atoms with Crippen LogP contribution in [0.1, 0.15) is 0 Å². The molecule has 0 spiro atoms. The maximum atomic E-state index is 5.61. The first-order valence-electron chi connectivity index (χ1n) is 22.7. The lowest BCUT2D eigenvalue weighted by molar-refractivity contribution is 1.02. The summed E-state index contributed by atoms with van der Waals surface area (Å²) in [5, 5.41) is 9.60. The molecule has 4 aromatic heterocycles. The maximum Gasteiger partial charge on any atom is 0.235 e. The molecule has 10 aromatic carbocycles. The summed E-state index contributed by atoms with van der Waals surface area (Å²) in [5.41, 5.74) is 14.5. The predicted octanol–water partition coefficient (Wildman–Crippen LogP) is 16.9. The monoisotopic (exact) mass is 870 g/mol. The maximum absolute atomic E-state index is 5.61. The molecule has 0 radical (unpaired) electrons. The van der Waals surface area contributed by atoms with Crippen LogP contribution in [0.5, 0.6) is 0 Å². The third kappa shape index (κ3) is 5.99. The SMILES string of the molecule is c1ccc(-c2cc3nc(-n4c5ccc(-c6ccc7c(c6)c6ccccc6n7-c6ccccc6)cc5c5ccc6ccccc6c54)nc(-c4ccc(-c5cccc6ccccc56)cc4)c3s2)cc1.